The molecule has 0 atom stereocenters. The molecule has 2 fully saturated rings. The van der Waals surface area contributed by atoms with Crippen LogP contribution in [0.25, 0.3) is 0 Å². The van der Waals surface area contributed by atoms with Crippen LogP contribution >= 0.6 is 0 Å². The Kier molecular flexibility index (Phi) is 8.17. The van der Waals surface area contributed by atoms with Crippen LogP contribution in [0.2, 0.25) is 0 Å². The Hall–Kier alpha value is -2.13. The largest absolute Gasteiger partial charge is 0.312 e. The zero-order valence-corrected chi connectivity index (χ0v) is 18.9. The maximum absolute atomic E-state index is 13.3. The second kappa shape index (κ2) is 11.5. The first-order valence-electron chi connectivity index (χ1n) is 12.4. The van der Waals surface area contributed by atoms with Crippen LogP contribution in [0, 0.1) is 11.8 Å². The molecular formula is C28H38N2O. The number of hydrogen-bond acceptors (Lipinski definition) is 2. The molecule has 1 amide bonds. The molecule has 0 radical (unpaired) electrons. The van der Waals surface area contributed by atoms with E-state index in [-0.39, 0.29) is 5.92 Å². The van der Waals surface area contributed by atoms with E-state index < -0.39 is 0 Å². The van der Waals surface area contributed by atoms with Crippen LogP contribution < -0.4 is 4.90 Å². The number of likely N-dealkylation sites (tertiary alicyclic amines) is 1. The van der Waals surface area contributed by atoms with Gasteiger partial charge in [0, 0.05) is 18.2 Å². The summed E-state index contributed by atoms with van der Waals surface area (Å²) in [7, 11) is 0. The summed E-state index contributed by atoms with van der Waals surface area (Å²) in [5.41, 5.74) is 2.54. The lowest BCUT2D eigenvalue weighted by Gasteiger charge is -2.33. The van der Waals surface area contributed by atoms with E-state index in [9.17, 15) is 4.79 Å². The average molecular weight is 419 g/mol. The fourth-order valence-corrected chi connectivity index (χ4v) is 5.36. The Labute approximate surface area is 188 Å². The number of para-hydroxylation sites is 1. The lowest BCUT2D eigenvalue weighted by atomic mass is 9.88. The van der Waals surface area contributed by atoms with Crippen molar-refractivity contribution in [2.45, 2.75) is 57.8 Å². The first kappa shape index (κ1) is 22.1. The number of nitrogens with zero attached hydrogens (tertiary/aromatic N) is 2. The molecule has 1 saturated heterocycles. The summed E-state index contributed by atoms with van der Waals surface area (Å²) in [6.45, 7) is 4.32. The molecular weight excluding hydrogens is 380 g/mol. The summed E-state index contributed by atoms with van der Waals surface area (Å²) in [6, 6.07) is 21.2. The van der Waals surface area contributed by atoms with E-state index in [0.717, 1.165) is 44.0 Å². The van der Waals surface area contributed by atoms with Gasteiger partial charge in [0.05, 0.1) is 0 Å². The lowest BCUT2D eigenvalue weighted by Crippen LogP contribution is -2.40. The molecule has 4 rings (SSSR count). The zero-order valence-electron chi connectivity index (χ0n) is 18.9. The number of carbonyl (C=O) groups excluding carboxylic acids is 1. The van der Waals surface area contributed by atoms with Gasteiger partial charge in [0.25, 0.3) is 0 Å². The van der Waals surface area contributed by atoms with E-state index in [2.05, 4.69) is 52.3 Å². The van der Waals surface area contributed by atoms with Crippen molar-refractivity contribution in [2.75, 3.05) is 31.1 Å². The number of benzene rings is 2. The van der Waals surface area contributed by atoms with Gasteiger partial charge in [-0.3, -0.25) is 4.79 Å². The summed E-state index contributed by atoms with van der Waals surface area (Å²) in [5.74, 6) is 1.39. The third-order valence-electron chi connectivity index (χ3n) is 7.22. The Balaban J connectivity index is 1.25. The van der Waals surface area contributed by atoms with Crippen LogP contribution in [-0.2, 0) is 11.2 Å². The van der Waals surface area contributed by atoms with Crippen LogP contribution in [0.1, 0.15) is 56.9 Å². The molecule has 31 heavy (non-hydrogen) atoms. The summed E-state index contributed by atoms with van der Waals surface area (Å²) in [5, 5.41) is 0. The van der Waals surface area contributed by atoms with Crippen molar-refractivity contribution in [2.24, 2.45) is 11.8 Å². The molecule has 2 aliphatic rings. The summed E-state index contributed by atoms with van der Waals surface area (Å²) < 4.78 is 0. The van der Waals surface area contributed by atoms with E-state index >= 15 is 0 Å². The van der Waals surface area contributed by atoms with Gasteiger partial charge in [0.15, 0.2) is 0 Å². The fourth-order valence-electron chi connectivity index (χ4n) is 5.36. The molecule has 0 bridgehead atoms. The number of piperidine rings is 1. The van der Waals surface area contributed by atoms with E-state index in [0.29, 0.717) is 5.91 Å². The van der Waals surface area contributed by atoms with Gasteiger partial charge in [-0.25, -0.2) is 0 Å². The minimum absolute atomic E-state index is 0.225. The highest BCUT2D eigenvalue weighted by Gasteiger charge is 2.27. The van der Waals surface area contributed by atoms with Gasteiger partial charge < -0.3 is 9.80 Å². The summed E-state index contributed by atoms with van der Waals surface area (Å²) >= 11 is 0. The van der Waals surface area contributed by atoms with Gasteiger partial charge in [0.2, 0.25) is 5.91 Å². The molecule has 1 saturated carbocycles. The number of amides is 1. The summed E-state index contributed by atoms with van der Waals surface area (Å²) in [4.78, 5) is 18.0. The first-order chi connectivity index (χ1) is 15.3. The third-order valence-corrected chi connectivity index (χ3v) is 7.22. The molecule has 166 valence electrons. The number of carbonyl (C=O) groups is 1. The maximum Gasteiger partial charge on any atom is 0.230 e. The number of anilines is 1. The Morgan fingerprint density at radius 2 is 1.48 bits per heavy atom. The number of rotatable bonds is 8. The average Bonchev–Trinajstić information content (AvgIpc) is 2.84. The van der Waals surface area contributed by atoms with Gasteiger partial charge in [-0.1, -0.05) is 67.8 Å². The van der Waals surface area contributed by atoms with Crippen molar-refractivity contribution in [1.82, 2.24) is 4.90 Å². The quantitative estimate of drug-likeness (QED) is 0.529. The SMILES string of the molecule is O=C(C1CCCCC1)N(CCCN1CCC(Cc2ccccc2)CC1)c1ccccc1. The Morgan fingerprint density at radius 3 is 2.16 bits per heavy atom. The maximum atomic E-state index is 13.3. The highest BCUT2D eigenvalue weighted by molar-refractivity contribution is 5.95. The van der Waals surface area contributed by atoms with Crippen molar-refractivity contribution >= 4 is 11.6 Å². The molecule has 3 nitrogen and oxygen atoms in total. The normalized spacial score (nSPS) is 18.7. The minimum atomic E-state index is 0.225. The van der Waals surface area contributed by atoms with Crippen LogP contribution in [0.5, 0.6) is 0 Å². The Bertz CT molecular complexity index is 777. The highest BCUT2D eigenvalue weighted by Crippen LogP contribution is 2.28. The fraction of sp³-hybridized carbons (Fsp3) is 0.536. The minimum Gasteiger partial charge on any atom is -0.312 e. The second-order valence-corrected chi connectivity index (χ2v) is 9.49. The molecule has 0 spiro atoms. The van der Waals surface area contributed by atoms with Gasteiger partial charge in [0.1, 0.15) is 0 Å². The van der Waals surface area contributed by atoms with Gasteiger partial charge >= 0.3 is 0 Å². The van der Waals surface area contributed by atoms with E-state index in [1.807, 2.05) is 18.2 Å². The smallest absolute Gasteiger partial charge is 0.230 e. The zero-order chi connectivity index (χ0) is 21.3. The van der Waals surface area contributed by atoms with Gasteiger partial charge in [-0.05, 0) is 81.8 Å². The molecule has 1 heterocycles. The van der Waals surface area contributed by atoms with E-state index in [4.69, 9.17) is 0 Å². The second-order valence-electron chi connectivity index (χ2n) is 9.49. The topological polar surface area (TPSA) is 23.6 Å². The third kappa shape index (κ3) is 6.43. The molecule has 1 aliphatic heterocycles. The van der Waals surface area contributed by atoms with Crippen molar-refractivity contribution < 1.29 is 4.79 Å². The molecule has 2 aromatic rings. The first-order valence-corrected chi connectivity index (χ1v) is 12.4. The lowest BCUT2D eigenvalue weighted by molar-refractivity contribution is -0.123. The molecule has 0 unspecified atom stereocenters. The van der Waals surface area contributed by atoms with Gasteiger partial charge in [-0.15, -0.1) is 0 Å². The van der Waals surface area contributed by atoms with E-state index in [1.165, 1.54) is 57.2 Å². The predicted octanol–water partition coefficient (Wildman–Crippen LogP) is 5.94. The van der Waals surface area contributed by atoms with Crippen molar-refractivity contribution in [1.29, 1.82) is 0 Å². The predicted molar refractivity (Wildman–Crippen MR) is 129 cm³/mol. The van der Waals surface area contributed by atoms with Crippen LogP contribution in [0.4, 0.5) is 5.69 Å². The molecule has 2 aromatic carbocycles. The van der Waals surface area contributed by atoms with Crippen molar-refractivity contribution in [3.05, 3.63) is 66.2 Å². The summed E-state index contributed by atoms with van der Waals surface area (Å²) in [6.07, 6.45) is 10.7. The monoisotopic (exact) mass is 418 g/mol. The Morgan fingerprint density at radius 1 is 0.839 bits per heavy atom. The van der Waals surface area contributed by atoms with Crippen molar-refractivity contribution in [3.63, 3.8) is 0 Å². The van der Waals surface area contributed by atoms with Crippen LogP contribution in [0.3, 0.4) is 0 Å². The number of hydrogen-bond donors (Lipinski definition) is 0. The molecule has 0 aromatic heterocycles. The van der Waals surface area contributed by atoms with Gasteiger partial charge in [-0.2, -0.15) is 0 Å². The molecule has 1 aliphatic carbocycles. The van der Waals surface area contributed by atoms with E-state index in [1.54, 1.807) is 0 Å². The van der Waals surface area contributed by atoms with Crippen molar-refractivity contribution in [3.8, 4) is 0 Å². The molecule has 3 heteroatoms. The highest BCUT2D eigenvalue weighted by atomic mass is 16.2. The van der Waals surface area contributed by atoms with Crippen LogP contribution in [0.15, 0.2) is 60.7 Å². The molecule has 0 N–H and O–H groups in total. The van der Waals surface area contributed by atoms with Crippen LogP contribution in [-0.4, -0.2) is 37.0 Å². The standard InChI is InChI=1S/C28H38N2O/c31-28(26-13-6-2-7-14-26)30(27-15-8-3-9-16-27)20-10-19-29-21-17-25(18-22-29)23-24-11-4-1-5-12-24/h1,3-5,8-9,11-12,15-16,25-26H,2,6-7,10,13-14,17-23H2.